The second-order valence-corrected chi connectivity index (χ2v) is 12.8. The predicted molar refractivity (Wildman–Crippen MR) is 141 cm³/mol. The number of fused-ring (bicyclic) bond motifs is 2. The van der Waals surface area contributed by atoms with Gasteiger partial charge in [-0.05, 0) is 53.8 Å². The van der Waals surface area contributed by atoms with Crippen molar-refractivity contribution >= 4 is 48.8 Å². The highest BCUT2D eigenvalue weighted by Gasteiger charge is 2.24. The van der Waals surface area contributed by atoms with Crippen LogP contribution in [-0.4, -0.2) is 65.5 Å². The van der Waals surface area contributed by atoms with Crippen LogP contribution < -0.4 is 4.90 Å². The number of anilines is 1. The van der Waals surface area contributed by atoms with Gasteiger partial charge in [0, 0.05) is 41.1 Å². The zero-order chi connectivity index (χ0) is 24.0. The van der Waals surface area contributed by atoms with E-state index in [2.05, 4.69) is 82.6 Å². The second kappa shape index (κ2) is 8.72. The van der Waals surface area contributed by atoms with Gasteiger partial charge in [-0.1, -0.05) is 24.3 Å². The van der Waals surface area contributed by atoms with Gasteiger partial charge in [0.2, 0.25) is 10.0 Å². The molecule has 0 unspecified atom stereocenters. The van der Waals surface area contributed by atoms with Crippen LogP contribution in [-0.2, 0) is 10.0 Å². The number of sulfonamides is 1. The van der Waals surface area contributed by atoms with E-state index in [-0.39, 0.29) is 0 Å². The van der Waals surface area contributed by atoms with E-state index in [0.717, 1.165) is 27.1 Å². The minimum Gasteiger partial charge on any atom is -0.351 e. The summed E-state index contributed by atoms with van der Waals surface area (Å²) < 4.78 is 29.5. The summed E-state index contributed by atoms with van der Waals surface area (Å²) in [5.41, 5.74) is 4.71. The molecule has 0 spiro atoms. The third kappa shape index (κ3) is 4.77. The van der Waals surface area contributed by atoms with Crippen LogP contribution in [0.5, 0.6) is 0 Å². The van der Waals surface area contributed by atoms with Crippen LogP contribution in [0.1, 0.15) is 16.0 Å². The van der Waals surface area contributed by atoms with Crippen LogP contribution in [0.4, 0.5) is 5.69 Å². The van der Waals surface area contributed by atoms with E-state index in [9.17, 15) is 8.42 Å². The Hall–Kier alpha value is -2.45. The zero-order valence-electron chi connectivity index (χ0n) is 20.2. The maximum atomic E-state index is 13.2. The van der Waals surface area contributed by atoms with Crippen molar-refractivity contribution in [3.63, 3.8) is 0 Å². The molecule has 0 saturated heterocycles. The molecule has 1 aliphatic heterocycles. The van der Waals surface area contributed by atoms with Crippen molar-refractivity contribution in [1.29, 1.82) is 0 Å². The van der Waals surface area contributed by atoms with Gasteiger partial charge in [0.15, 0.2) is 0 Å². The summed E-state index contributed by atoms with van der Waals surface area (Å²) in [5.74, 6) is 0. The van der Waals surface area contributed by atoms with Gasteiger partial charge >= 0.3 is 0 Å². The van der Waals surface area contributed by atoms with Gasteiger partial charge in [-0.25, -0.2) is 8.42 Å². The first-order valence-electron chi connectivity index (χ1n) is 11.0. The minimum absolute atomic E-state index is 0.351. The van der Waals surface area contributed by atoms with E-state index in [1.165, 1.54) is 21.1 Å². The van der Waals surface area contributed by atoms with Gasteiger partial charge in [-0.2, -0.15) is 4.31 Å². The maximum Gasteiger partial charge on any atom is 0.243 e. The molecule has 0 fully saturated rings. The summed E-state index contributed by atoms with van der Waals surface area (Å²) in [4.78, 5) is 3.62. The lowest BCUT2D eigenvalue weighted by atomic mass is 9.99. The number of thiophene rings is 1. The van der Waals surface area contributed by atoms with Crippen molar-refractivity contribution in [1.82, 2.24) is 4.31 Å². The Bertz CT molecular complexity index is 1360. The zero-order valence-corrected chi connectivity index (χ0v) is 21.8. The largest absolute Gasteiger partial charge is 0.351 e. The molecule has 33 heavy (non-hydrogen) atoms. The summed E-state index contributed by atoms with van der Waals surface area (Å²) in [6.07, 6.45) is 6.42. The van der Waals surface area contributed by atoms with Crippen molar-refractivity contribution in [2.24, 2.45) is 0 Å². The highest BCUT2D eigenvalue weighted by Crippen LogP contribution is 2.38. The number of quaternary nitrogens is 1. The van der Waals surface area contributed by atoms with Gasteiger partial charge in [-0.3, -0.25) is 0 Å². The van der Waals surface area contributed by atoms with E-state index in [4.69, 9.17) is 0 Å². The van der Waals surface area contributed by atoms with E-state index in [1.807, 2.05) is 12.1 Å². The van der Waals surface area contributed by atoms with Gasteiger partial charge in [0.25, 0.3) is 0 Å². The molecule has 1 aromatic heterocycles. The van der Waals surface area contributed by atoms with Crippen molar-refractivity contribution < 1.29 is 12.9 Å². The van der Waals surface area contributed by atoms with Crippen LogP contribution in [0.15, 0.2) is 59.6 Å². The molecule has 4 rings (SSSR count). The quantitative estimate of drug-likeness (QED) is 0.462. The van der Waals surface area contributed by atoms with Gasteiger partial charge in [0.05, 0.1) is 39.1 Å². The van der Waals surface area contributed by atoms with Crippen LogP contribution in [0, 0.1) is 6.92 Å². The van der Waals surface area contributed by atoms with E-state index in [0.29, 0.717) is 15.9 Å². The number of nitrogens with zero attached hydrogens (tertiary/aromatic N) is 3. The summed E-state index contributed by atoms with van der Waals surface area (Å²) in [6, 6.07) is 13.9. The van der Waals surface area contributed by atoms with Crippen LogP contribution in [0.3, 0.4) is 0 Å². The number of likely N-dealkylation sites (N-methyl/N-ethyl adjacent to an activating group) is 2. The number of para-hydroxylation sites is 1. The van der Waals surface area contributed by atoms with Crippen LogP contribution in [0.2, 0.25) is 0 Å². The number of hydrogen-bond donors (Lipinski definition) is 0. The Morgan fingerprint density at radius 3 is 2.58 bits per heavy atom. The average Bonchev–Trinajstić information content (AvgIpc) is 3.08. The summed E-state index contributed by atoms with van der Waals surface area (Å²) in [7, 11) is 6.37. The number of allylic oxidation sites excluding steroid dienone is 2. The summed E-state index contributed by atoms with van der Waals surface area (Å²) in [6.45, 7) is 3.33. The molecule has 1 aliphatic rings. The van der Waals surface area contributed by atoms with E-state index >= 15 is 0 Å². The Morgan fingerprint density at radius 1 is 1.12 bits per heavy atom. The van der Waals surface area contributed by atoms with Crippen molar-refractivity contribution in [2.75, 3.05) is 53.2 Å². The molecule has 0 saturated carbocycles. The monoisotopic (exact) mass is 482 g/mol. The Balaban J connectivity index is 1.70. The highest BCUT2D eigenvalue weighted by atomic mass is 32.2. The molecule has 0 bridgehead atoms. The minimum atomic E-state index is -3.53. The second-order valence-electron chi connectivity index (χ2n) is 9.63. The molecular formula is C26H32N3O2S2+. The number of aryl methyl sites for hydroxylation is 1. The molecule has 0 amide bonds. The third-order valence-corrected chi connectivity index (χ3v) is 9.15. The molecular weight excluding hydrogens is 450 g/mol. The van der Waals surface area contributed by atoms with Crippen LogP contribution >= 0.6 is 11.3 Å². The molecule has 0 aliphatic carbocycles. The first kappa shape index (κ1) is 23.7. The fraction of sp³-hybridized carbons (Fsp3) is 0.308. The highest BCUT2D eigenvalue weighted by molar-refractivity contribution is 7.89. The normalized spacial score (nSPS) is 15.6. The maximum absolute atomic E-state index is 13.2. The molecule has 7 heteroatoms. The predicted octanol–water partition coefficient (Wildman–Crippen LogP) is 5.04. The van der Waals surface area contributed by atoms with Crippen molar-refractivity contribution in [2.45, 2.75) is 11.8 Å². The van der Waals surface area contributed by atoms with E-state index < -0.39 is 10.0 Å². The fourth-order valence-electron chi connectivity index (χ4n) is 3.92. The molecule has 2 aromatic carbocycles. The van der Waals surface area contributed by atoms with Gasteiger partial charge < -0.3 is 9.38 Å². The lowest BCUT2D eigenvalue weighted by Crippen LogP contribution is -2.42. The Kier molecular flexibility index (Phi) is 6.26. The molecule has 5 nitrogen and oxygen atoms in total. The van der Waals surface area contributed by atoms with Crippen molar-refractivity contribution in [3.05, 3.63) is 70.7 Å². The van der Waals surface area contributed by atoms with Gasteiger partial charge in [-0.15, -0.1) is 11.3 Å². The standard InChI is InChI=1S/C26H32N3O2S2/c1-19-22-12-11-21(33(30,31)28(3)15-16-29(4,5)6)18-26(22)32-25(19)17-20-13-14-27(2)24-10-8-7-9-23(20)24/h7-14,17-18H,15-16H2,1-6H3/q+1. The first-order valence-corrected chi connectivity index (χ1v) is 13.2. The lowest BCUT2D eigenvalue weighted by molar-refractivity contribution is -0.869. The molecule has 2 heterocycles. The Morgan fingerprint density at radius 2 is 1.85 bits per heavy atom. The molecule has 0 atom stereocenters. The number of hydrogen-bond acceptors (Lipinski definition) is 4. The molecule has 3 aromatic rings. The average molecular weight is 483 g/mol. The summed E-state index contributed by atoms with van der Waals surface area (Å²) >= 11 is 1.64. The molecule has 0 radical (unpaired) electrons. The molecule has 0 N–H and O–H groups in total. The fourth-order valence-corrected chi connectivity index (χ4v) is 6.38. The third-order valence-electron chi connectivity index (χ3n) is 6.10. The van der Waals surface area contributed by atoms with Crippen molar-refractivity contribution in [3.8, 4) is 0 Å². The summed E-state index contributed by atoms with van der Waals surface area (Å²) in [5, 5.41) is 1.10. The first-order chi connectivity index (χ1) is 15.5. The lowest BCUT2D eigenvalue weighted by Gasteiger charge is -2.26. The number of benzene rings is 2. The van der Waals surface area contributed by atoms with Crippen LogP contribution in [0.25, 0.3) is 21.7 Å². The SMILES string of the molecule is Cc1c(C=C2C=CN(C)c3ccccc32)sc2cc(S(=O)(=O)N(C)CC[N+](C)(C)C)ccc12. The van der Waals surface area contributed by atoms with Gasteiger partial charge in [0.1, 0.15) is 0 Å². The Labute approximate surface area is 201 Å². The smallest absolute Gasteiger partial charge is 0.243 e. The topological polar surface area (TPSA) is 40.6 Å². The molecule has 174 valence electrons. The number of rotatable bonds is 6. The van der Waals surface area contributed by atoms with E-state index in [1.54, 1.807) is 24.5 Å².